The first-order valence-electron chi connectivity index (χ1n) is 3.92. The van der Waals surface area contributed by atoms with Crippen LogP contribution in [0.15, 0.2) is 6.07 Å². The monoisotopic (exact) mass is 248 g/mol. The highest BCUT2D eigenvalue weighted by molar-refractivity contribution is 6.45. The SMILES string of the molecule is COc1c(O)cc(F)c(Cl)c1C(=O)C(=O)O. The number of hydrogen-bond acceptors (Lipinski definition) is 4. The molecule has 0 heterocycles. The number of halogens is 2. The van der Waals surface area contributed by atoms with Crippen LogP contribution in [0.5, 0.6) is 11.5 Å². The van der Waals surface area contributed by atoms with Crippen LogP contribution in [-0.4, -0.2) is 29.1 Å². The van der Waals surface area contributed by atoms with E-state index in [4.69, 9.17) is 16.7 Å². The van der Waals surface area contributed by atoms with E-state index in [1.807, 2.05) is 0 Å². The fourth-order valence-corrected chi connectivity index (χ4v) is 1.34. The lowest BCUT2D eigenvalue weighted by atomic mass is 10.1. The number of phenols is 1. The van der Waals surface area contributed by atoms with Gasteiger partial charge in [-0.05, 0) is 0 Å². The highest BCUT2D eigenvalue weighted by Gasteiger charge is 2.27. The van der Waals surface area contributed by atoms with Crippen LogP contribution >= 0.6 is 11.6 Å². The molecule has 0 saturated carbocycles. The number of Topliss-reactive ketones (excluding diaryl/α,β-unsaturated/α-hetero) is 1. The number of ether oxygens (including phenoxy) is 1. The van der Waals surface area contributed by atoms with E-state index in [1.54, 1.807) is 0 Å². The average molecular weight is 249 g/mol. The molecule has 0 amide bonds. The quantitative estimate of drug-likeness (QED) is 0.625. The van der Waals surface area contributed by atoms with Gasteiger partial charge in [0.05, 0.1) is 17.7 Å². The molecule has 0 unspecified atom stereocenters. The molecule has 5 nitrogen and oxygen atoms in total. The Morgan fingerprint density at radius 3 is 2.50 bits per heavy atom. The molecule has 0 radical (unpaired) electrons. The van der Waals surface area contributed by atoms with Crippen molar-refractivity contribution >= 4 is 23.4 Å². The number of carboxylic acid groups (broad SMARTS) is 1. The van der Waals surface area contributed by atoms with Crippen molar-refractivity contribution in [3.8, 4) is 11.5 Å². The predicted molar refractivity (Wildman–Crippen MR) is 51.6 cm³/mol. The third-order valence-electron chi connectivity index (χ3n) is 1.78. The molecule has 2 N–H and O–H groups in total. The topological polar surface area (TPSA) is 83.8 Å². The summed E-state index contributed by atoms with van der Waals surface area (Å²) in [5, 5.41) is 17.0. The van der Waals surface area contributed by atoms with Crippen molar-refractivity contribution in [2.45, 2.75) is 0 Å². The molecule has 0 saturated heterocycles. The standard InChI is InChI=1S/C9H6ClFO5/c1-16-8-4(12)2-3(11)6(10)5(8)7(13)9(14)15/h2,12H,1H3,(H,14,15). The van der Waals surface area contributed by atoms with Crippen molar-refractivity contribution in [1.29, 1.82) is 0 Å². The Morgan fingerprint density at radius 1 is 1.50 bits per heavy atom. The Balaban J connectivity index is 3.57. The lowest BCUT2D eigenvalue weighted by Crippen LogP contribution is -2.15. The van der Waals surface area contributed by atoms with Crippen LogP contribution in [0.2, 0.25) is 5.02 Å². The van der Waals surface area contributed by atoms with Crippen molar-refractivity contribution in [2.24, 2.45) is 0 Å². The Bertz CT molecular complexity index is 471. The summed E-state index contributed by atoms with van der Waals surface area (Å²) in [5.74, 6) is -5.57. The van der Waals surface area contributed by atoms with Gasteiger partial charge in [-0.2, -0.15) is 0 Å². The van der Waals surface area contributed by atoms with Gasteiger partial charge in [0.2, 0.25) is 0 Å². The number of methoxy groups -OCH3 is 1. The fraction of sp³-hybridized carbons (Fsp3) is 0.111. The van der Waals surface area contributed by atoms with Crippen molar-refractivity contribution in [3.05, 3.63) is 22.5 Å². The highest BCUT2D eigenvalue weighted by Crippen LogP contribution is 2.37. The van der Waals surface area contributed by atoms with Gasteiger partial charge in [0.1, 0.15) is 5.82 Å². The summed E-state index contributed by atoms with van der Waals surface area (Å²) < 4.78 is 17.7. The van der Waals surface area contributed by atoms with Crippen LogP contribution in [0, 0.1) is 5.82 Å². The normalized spacial score (nSPS) is 9.94. The highest BCUT2D eigenvalue weighted by atomic mass is 35.5. The minimum absolute atomic E-state index is 0.473. The van der Waals surface area contributed by atoms with E-state index >= 15 is 0 Å². The largest absolute Gasteiger partial charge is 0.504 e. The maximum absolute atomic E-state index is 13.1. The number of carbonyl (C=O) groups excluding carboxylic acids is 1. The van der Waals surface area contributed by atoms with E-state index < -0.39 is 39.7 Å². The molecule has 0 spiro atoms. The smallest absolute Gasteiger partial charge is 0.377 e. The summed E-state index contributed by atoms with van der Waals surface area (Å²) in [6.45, 7) is 0. The van der Waals surface area contributed by atoms with Crippen LogP contribution in [0.3, 0.4) is 0 Å². The van der Waals surface area contributed by atoms with Gasteiger partial charge >= 0.3 is 5.97 Å². The Morgan fingerprint density at radius 2 is 2.06 bits per heavy atom. The van der Waals surface area contributed by atoms with Gasteiger partial charge in [0.15, 0.2) is 11.5 Å². The molecule has 0 aliphatic carbocycles. The van der Waals surface area contributed by atoms with Crippen molar-refractivity contribution in [1.82, 2.24) is 0 Å². The van der Waals surface area contributed by atoms with E-state index in [0.717, 1.165) is 7.11 Å². The van der Waals surface area contributed by atoms with Gasteiger partial charge in [-0.15, -0.1) is 0 Å². The summed E-state index contributed by atoms with van der Waals surface area (Å²) >= 11 is 5.44. The molecule has 0 aliphatic rings. The second-order valence-electron chi connectivity index (χ2n) is 2.73. The summed E-state index contributed by atoms with van der Waals surface area (Å²) in [4.78, 5) is 21.7. The molecule has 0 aliphatic heterocycles. The maximum Gasteiger partial charge on any atom is 0.377 e. The van der Waals surface area contributed by atoms with E-state index in [2.05, 4.69) is 4.74 Å². The van der Waals surface area contributed by atoms with Gasteiger partial charge in [-0.3, -0.25) is 4.79 Å². The van der Waals surface area contributed by atoms with Gasteiger partial charge in [-0.25, -0.2) is 9.18 Å². The number of benzene rings is 1. The van der Waals surface area contributed by atoms with E-state index in [1.165, 1.54) is 0 Å². The van der Waals surface area contributed by atoms with Gasteiger partial charge < -0.3 is 14.9 Å². The second kappa shape index (κ2) is 4.36. The lowest BCUT2D eigenvalue weighted by Gasteiger charge is -2.10. The molecule has 1 aromatic carbocycles. The summed E-state index contributed by atoms with van der Waals surface area (Å²) in [6.07, 6.45) is 0. The van der Waals surface area contributed by atoms with Crippen molar-refractivity contribution < 1.29 is 28.9 Å². The number of rotatable bonds is 3. The second-order valence-corrected chi connectivity index (χ2v) is 3.11. The number of ketones is 1. The molecule has 1 rings (SSSR count). The van der Waals surface area contributed by atoms with Crippen LogP contribution in [0.1, 0.15) is 10.4 Å². The van der Waals surface area contributed by atoms with Crippen molar-refractivity contribution in [3.63, 3.8) is 0 Å². The number of aromatic hydroxyl groups is 1. The minimum atomic E-state index is -1.83. The zero-order chi connectivity index (χ0) is 12.5. The number of aliphatic carboxylic acids is 1. The van der Waals surface area contributed by atoms with Crippen LogP contribution in [0.25, 0.3) is 0 Å². The fourth-order valence-electron chi connectivity index (χ4n) is 1.11. The lowest BCUT2D eigenvalue weighted by molar-refractivity contribution is -0.131. The zero-order valence-corrected chi connectivity index (χ0v) is 8.71. The first-order chi connectivity index (χ1) is 7.40. The number of phenolic OH excluding ortho intramolecular Hbond substituents is 1. The Kier molecular flexibility index (Phi) is 3.34. The third kappa shape index (κ3) is 1.92. The van der Waals surface area contributed by atoms with Gasteiger partial charge in [-0.1, -0.05) is 11.6 Å². The summed E-state index contributed by atoms with van der Waals surface area (Å²) in [7, 11) is 1.09. The Hall–Kier alpha value is -1.82. The molecule has 86 valence electrons. The molecular formula is C9H6ClFO5. The molecule has 7 heteroatoms. The zero-order valence-electron chi connectivity index (χ0n) is 7.95. The van der Waals surface area contributed by atoms with E-state index in [0.29, 0.717) is 6.07 Å². The Labute approximate surface area is 94.0 Å². The number of carboxylic acids is 1. The number of hydrogen-bond donors (Lipinski definition) is 2. The molecular weight excluding hydrogens is 243 g/mol. The molecule has 0 aromatic heterocycles. The van der Waals surface area contributed by atoms with Gasteiger partial charge in [0.25, 0.3) is 5.78 Å². The molecule has 0 fully saturated rings. The first-order valence-corrected chi connectivity index (χ1v) is 4.30. The van der Waals surface area contributed by atoms with Crippen molar-refractivity contribution in [2.75, 3.05) is 7.11 Å². The number of carbonyl (C=O) groups is 2. The minimum Gasteiger partial charge on any atom is -0.504 e. The average Bonchev–Trinajstić information content (AvgIpc) is 2.21. The van der Waals surface area contributed by atoms with E-state index in [9.17, 15) is 19.1 Å². The molecule has 16 heavy (non-hydrogen) atoms. The van der Waals surface area contributed by atoms with Crippen LogP contribution < -0.4 is 4.74 Å². The molecule has 0 bridgehead atoms. The summed E-state index contributed by atoms with van der Waals surface area (Å²) in [5.41, 5.74) is -0.714. The van der Waals surface area contributed by atoms with Crippen LogP contribution in [0.4, 0.5) is 4.39 Å². The first kappa shape index (κ1) is 12.3. The van der Waals surface area contributed by atoms with Crippen LogP contribution in [-0.2, 0) is 4.79 Å². The van der Waals surface area contributed by atoms with Gasteiger partial charge in [0, 0.05) is 6.07 Å². The van der Waals surface area contributed by atoms with E-state index in [-0.39, 0.29) is 0 Å². The predicted octanol–water partition coefficient (Wildman–Crippen LogP) is 1.46. The molecule has 1 aromatic rings. The maximum atomic E-state index is 13.1. The third-order valence-corrected chi connectivity index (χ3v) is 2.15. The molecule has 0 atom stereocenters. The summed E-state index contributed by atoms with van der Waals surface area (Å²) in [6, 6.07) is 0.625.